The van der Waals surface area contributed by atoms with Crippen LogP contribution >= 0.6 is 0 Å². The minimum absolute atomic E-state index is 0.0247. The molecule has 2 atom stereocenters. The van der Waals surface area contributed by atoms with Crippen LogP contribution in [0.2, 0.25) is 0 Å². The summed E-state index contributed by atoms with van der Waals surface area (Å²) in [6.07, 6.45) is 3.63. The molecule has 0 spiro atoms. The molecule has 1 aromatic rings. The molecule has 21 heavy (non-hydrogen) atoms. The average molecular weight is 291 g/mol. The van der Waals surface area contributed by atoms with E-state index in [0.717, 1.165) is 25.7 Å². The van der Waals surface area contributed by atoms with Gasteiger partial charge in [-0.1, -0.05) is 12.5 Å². The third kappa shape index (κ3) is 3.93. The number of amides is 1. The van der Waals surface area contributed by atoms with E-state index in [2.05, 4.69) is 10.3 Å². The molecule has 0 aliphatic heterocycles. The van der Waals surface area contributed by atoms with Gasteiger partial charge in [-0.25, -0.2) is 9.78 Å². The van der Waals surface area contributed by atoms with Crippen molar-refractivity contribution in [2.45, 2.75) is 31.7 Å². The van der Waals surface area contributed by atoms with Gasteiger partial charge < -0.3 is 15.3 Å². The van der Waals surface area contributed by atoms with Gasteiger partial charge in [0.25, 0.3) is 0 Å². The maximum atomic E-state index is 12.0. The molecule has 1 heterocycles. The highest BCUT2D eigenvalue weighted by atomic mass is 16.4. The summed E-state index contributed by atoms with van der Waals surface area (Å²) < 4.78 is 0. The zero-order valence-corrected chi connectivity index (χ0v) is 12.4. The first-order valence-electron chi connectivity index (χ1n) is 7.15. The minimum Gasteiger partial charge on any atom is -0.477 e. The first-order valence-corrected chi connectivity index (χ1v) is 7.15. The number of anilines is 1. The van der Waals surface area contributed by atoms with E-state index in [-0.39, 0.29) is 23.6 Å². The Morgan fingerprint density at radius 3 is 2.76 bits per heavy atom. The van der Waals surface area contributed by atoms with E-state index in [9.17, 15) is 9.59 Å². The summed E-state index contributed by atoms with van der Waals surface area (Å²) in [6, 6.07) is 5.05. The van der Waals surface area contributed by atoms with Gasteiger partial charge in [-0.2, -0.15) is 0 Å². The number of pyridine rings is 1. The summed E-state index contributed by atoms with van der Waals surface area (Å²) >= 11 is 0. The van der Waals surface area contributed by atoms with Crippen LogP contribution in [0.1, 0.15) is 36.2 Å². The van der Waals surface area contributed by atoms with Gasteiger partial charge in [0.05, 0.1) is 0 Å². The monoisotopic (exact) mass is 291 g/mol. The molecule has 0 saturated heterocycles. The second kappa shape index (κ2) is 6.56. The number of hydrogen-bond donors (Lipinski definition) is 2. The predicted molar refractivity (Wildman–Crippen MR) is 79.3 cm³/mol. The molecule has 1 aliphatic carbocycles. The number of rotatable bonds is 4. The highest BCUT2D eigenvalue weighted by Crippen LogP contribution is 2.27. The largest absolute Gasteiger partial charge is 0.477 e. The fourth-order valence-electron chi connectivity index (χ4n) is 2.75. The zero-order chi connectivity index (χ0) is 15.4. The van der Waals surface area contributed by atoms with E-state index in [0.29, 0.717) is 5.82 Å². The van der Waals surface area contributed by atoms with Crippen molar-refractivity contribution in [2.24, 2.45) is 5.92 Å². The van der Waals surface area contributed by atoms with E-state index in [1.807, 2.05) is 0 Å². The molecule has 1 aliphatic rings. The Labute approximate surface area is 124 Å². The third-order valence-corrected chi connectivity index (χ3v) is 3.78. The van der Waals surface area contributed by atoms with Crippen LogP contribution in [0, 0.1) is 5.92 Å². The number of nitrogens with zero attached hydrogens (tertiary/aromatic N) is 2. The van der Waals surface area contributed by atoms with Gasteiger partial charge in [0, 0.05) is 26.1 Å². The van der Waals surface area contributed by atoms with Gasteiger partial charge in [0.2, 0.25) is 5.91 Å². The quantitative estimate of drug-likeness (QED) is 0.884. The Bertz CT molecular complexity index is 531. The molecule has 1 amide bonds. The van der Waals surface area contributed by atoms with Crippen LogP contribution in [0.15, 0.2) is 18.2 Å². The van der Waals surface area contributed by atoms with Gasteiger partial charge >= 0.3 is 5.97 Å². The molecule has 2 rings (SSSR count). The maximum Gasteiger partial charge on any atom is 0.354 e. The number of hydrogen-bond acceptors (Lipinski definition) is 4. The lowest BCUT2D eigenvalue weighted by Gasteiger charge is -2.30. The molecule has 0 radical (unpaired) electrons. The molecule has 1 aromatic heterocycles. The van der Waals surface area contributed by atoms with Gasteiger partial charge in [0.15, 0.2) is 5.69 Å². The highest BCUT2D eigenvalue weighted by Gasteiger charge is 2.28. The summed E-state index contributed by atoms with van der Waals surface area (Å²) in [5.74, 6) is -0.288. The number of carbonyl (C=O) groups excluding carboxylic acids is 1. The van der Waals surface area contributed by atoms with Crippen LogP contribution in [-0.4, -0.2) is 47.0 Å². The molecular formula is C15H21N3O3. The lowest BCUT2D eigenvalue weighted by molar-refractivity contribution is -0.134. The van der Waals surface area contributed by atoms with E-state index < -0.39 is 5.97 Å². The van der Waals surface area contributed by atoms with Crippen LogP contribution in [0.3, 0.4) is 0 Å². The highest BCUT2D eigenvalue weighted by molar-refractivity contribution is 5.85. The van der Waals surface area contributed by atoms with E-state index in [1.54, 1.807) is 31.1 Å². The Kier molecular flexibility index (Phi) is 4.77. The van der Waals surface area contributed by atoms with Crippen molar-refractivity contribution >= 4 is 17.7 Å². The van der Waals surface area contributed by atoms with Crippen molar-refractivity contribution in [1.82, 2.24) is 9.88 Å². The van der Waals surface area contributed by atoms with Crippen LogP contribution in [0.5, 0.6) is 0 Å². The van der Waals surface area contributed by atoms with Crippen molar-refractivity contribution in [3.8, 4) is 0 Å². The summed E-state index contributed by atoms with van der Waals surface area (Å²) in [5.41, 5.74) is 0.0247. The first kappa shape index (κ1) is 15.3. The Balaban J connectivity index is 2.01. The Morgan fingerprint density at radius 2 is 2.10 bits per heavy atom. The van der Waals surface area contributed by atoms with Crippen LogP contribution in [0.25, 0.3) is 0 Å². The number of carboxylic acids is 1. The van der Waals surface area contributed by atoms with Crippen molar-refractivity contribution in [3.63, 3.8) is 0 Å². The van der Waals surface area contributed by atoms with Crippen molar-refractivity contribution < 1.29 is 14.7 Å². The molecule has 114 valence electrons. The molecule has 6 heteroatoms. The molecule has 0 aromatic carbocycles. The van der Waals surface area contributed by atoms with Gasteiger partial charge in [-0.15, -0.1) is 0 Å². The normalized spacial score (nSPS) is 21.6. The fraction of sp³-hybridized carbons (Fsp3) is 0.533. The molecule has 1 fully saturated rings. The molecular weight excluding hydrogens is 270 g/mol. The topological polar surface area (TPSA) is 82.5 Å². The van der Waals surface area contributed by atoms with Crippen LogP contribution < -0.4 is 5.32 Å². The second-order valence-corrected chi connectivity index (χ2v) is 5.65. The number of aromatic carboxylic acids is 1. The second-order valence-electron chi connectivity index (χ2n) is 5.65. The van der Waals surface area contributed by atoms with Crippen molar-refractivity contribution in [1.29, 1.82) is 0 Å². The minimum atomic E-state index is -1.04. The lowest BCUT2D eigenvalue weighted by Crippen LogP contribution is -2.36. The summed E-state index contributed by atoms with van der Waals surface area (Å²) in [4.78, 5) is 28.7. The standard InChI is InChI=1S/C15H21N3O3/c1-18(2)14(19)10-5-3-6-11(9-10)16-13-8-4-7-12(17-13)15(20)21/h4,7-8,10-11H,3,5-6,9H2,1-2H3,(H,16,17)(H,20,21). The molecule has 2 unspecified atom stereocenters. The summed E-state index contributed by atoms with van der Waals surface area (Å²) in [6.45, 7) is 0. The van der Waals surface area contributed by atoms with E-state index >= 15 is 0 Å². The molecule has 1 saturated carbocycles. The van der Waals surface area contributed by atoms with Crippen molar-refractivity contribution in [2.75, 3.05) is 19.4 Å². The number of nitrogens with one attached hydrogen (secondary N) is 1. The SMILES string of the molecule is CN(C)C(=O)C1CCCC(Nc2cccc(C(=O)O)n2)C1. The number of aromatic nitrogens is 1. The molecule has 0 bridgehead atoms. The van der Waals surface area contributed by atoms with E-state index in [1.165, 1.54) is 6.07 Å². The summed E-state index contributed by atoms with van der Waals surface area (Å²) in [7, 11) is 3.55. The zero-order valence-electron chi connectivity index (χ0n) is 12.4. The number of carboxylic acid groups (broad SMARTS) is 1. The third-order valence-electron chi connectivity index (χ3n) is 3.78. The van der Waals surface area contributed by atoms with Gasteiger partial charge in [-0.05, 0) is 31.4 Å². The Morgan fingerprint density at radius 1 is 1.33 bits per heavy atom. The smallest absolute Gasteiger partial charge is 0.354 e. The van der Waals surface area contributed by atoms with Crippen LogP contribution in [-0.2, 0) is 4.79 Å². The van der Waals surface area contributed by atoms with Crippen molar-refractivity contribution in [3.05, 3.63) is 23.9 Å². The lowest BCUT2D eigenvalue weighted by atomic mass is 9.85. The number of carbonyl (C=O) groups is 2. The van der Waals surface area contributed by atoms with Gasteiger partial charge in [0.1, 0.15) is 5.82 Å². The fourth-order valence-corrected chi connectivity index (χ4v) is 2.75. The molecule has 2 N–H and O–H groups in total. The summed E-state index contributed by atoms with van der Waals surface area (Å²) in [5, 5.41) is 12.2. The van der Waals surface area contributed by atoms with Gasteiger partial charge in [-0.3, -0.25) is 4.79 Å². The maximum absolute atomic E-state index is 12.0. The van der Waals surface area contributed by atoms with E-state index in [4.69, 9.17) is 5.11 Å². The Hall–Kier alpha value is -2.11. The average Bonchev–Trinajstić information content (AvgIpc) is 2.47. The molecule has 6 nitrogen and oxygen atoms in total. The van der Waals surface area contributed by atoms with Crippen LogP contribution in [0.4, 0.5) is 5.82 Å². The first-order chi connectivity index (χ1) is 9.97. The predicted octanol–water partition coefficient (Wildman–Crippen LogP) is 1.84.